The molecule has 1 amide bonds. The lowest BCUT2D eigenvalue weighted by Gasteiger charge is -2.40. The number of aliphatic hydroxyl groups is 1. The number of carbonyl (C=O) groups is 1. The average Bonchev–Trinajstić information content (AvgIpc) is 3.25. The number of aliphatic hydroxyl groups excluding tert-OH is 1. The van der Waals surface area contributed by atoms with Gasteiger partial charge in [-0.2, -0.15) is 0 Å². The summed E-state index contributed by atoms with van der Waals surface area (Å²) in [6.45, 7) is 8.26. The summed E-state index contributed by atoms with van der Waals surface area (Å²) in [5, 5.41) is 15.0. The first kappa shape index (κ1) is 26.7. The molecule has 0 radical (unpaired) electrons. The van der Waals surface area contributed by atoms with Crippen molar-refractivity contribution < 1.29 is 24.1 Å². The van der Waals surface area contributed by atoms with Gasteiger partial charge in [0.1, 0.15) is 5.60 Å². The molecule has 1 heterocycles. The number of nitrogens with zero attached hydrogens (tertiary/aromatic N) is 1. The lowest BCUT2D eigenvalue weighted by atomic mass is 9.88. The van der Waals surface area contributed by atoms with E-state index in [0.29, 0.717) is 18.6 Å². The summed E-state index contributed by atoms with van der Waals surface area (Å²) in [6.07, 6.45) is 11.1. The molecular weight excluding hydrogens is 420 g/mol. The molecule has 6 atom stereocenters. The van der Waals surface area contributed by atoms with Crippen molar-refractivity contribution in [1.82, 2.24) is 10.2 Å². The average molecular weight is 469 g/mol. The Kier molecular flexibility index (Phi) is 9.86. The highest BCUT2D eigenvalue weighted by atomic mass is 16.6. The molecule has 0 spiro atoms. The number of carbonyl (C=O) groups excluding carboxylic acids is 1. The molecule has 7 heteroatoms. The van der Waals surface area contributed by atoms with Crippen LogP contribution in [0.2, 0.25) is 0 Å². The van der Waals surface area contributed by atoms with Crippen molar-refractivity contribution in [3.05, 3.63) is 0 Å². The van der Waals surface area contributed by atoms with E-state index in [-0.39, 0.29) is 30.3 Å². The third-order valence-electron chi connectivity index (χ3n) is 7.62. The second kappa shape index (κ2) is 12.2. The second-order valence-corrected chi connectivity index (χ2v) is 11.4. The van der Waals surface area contributed by atoms with Crippen LogP contribution in [0.5, 0.6) is 0 Å². The highest BCUT2D eigenvalue weighted by Gasteiger charge is 2.42. The summed E-state index contributed by atoms with van der Waals surface area (Å²) in [5.41, 5.74) is -0.539. The number of hydrogen-bond donors (Lipinski definition) is 2. The van der Waals surface area contributed by atoms with Gasteiger partial charge in [0.05, 0.1) is 18.2 Å². The van der Waals surface area contributed by atoms with E-state index in [1.165, 1.54) is 38.5 Å². The van der Waals surface area contributed by atoms with Gasteiger partial charge in [-0.15, -0.1) is 0 Å². The van der Waals surface area contributed by atoms with E-state index in [1.807, 2.05) is 27.7 Å². The standard InChI is InChI=1S/C26H48N2O5/c1-18(23(31-5)21-15-11-17-28(21)25(30)33-26(2,3)4)24(29)32-22-16-10-9-14-20(22)27-19-12-7-6-8-13-19/h18-24,27,29H,6-17H2,1-5H3/t18-,20?,21?,22?,23-,24?/m1/s1. The first-order chi connectivity index (χ1) is 15.7. The third kappa shape index (κ3) is 7.55. The van der Waals surface area contributed by atoms with Crippen molar-refractivity contribution in [2.75, 3.05) is 13.7 Å². The van der Waals surface area contributed by atoms with Gasteiger partial charge >= 0.3 is 6.09 Å². The van der Waals surface area contributed by atoms with E-state index in [9.17, 15) is 9.90 Å². The zero-order chi connectivity index (χ0) is 24.0. The summed E-state index contributed by atoms with van der Waals surface area (Å²) < 4.78 is 17.8. The molecule has 7 nitrogen and oxygen atoms in total. The first-order valence-electron chi connectivity index (χ1n) is 13.3. The summed E-state index contributed by atoms with van der Waals surface area (Å²) in [4.78, 5) is 14.6. The molecule has 2 saturated carbocycles. The van der Waals surface area contributed by atoms with Gasteiger partial charge in [-0.25, -0.2) is 4.79 Å². The van der Waals surface area contributed by atoms with E-state index in [0.717, 1.165) is 32.1 Å². The molecule has 2 N–H and O–H groups in total. The minimum atomic E-state index is -0.935. The number of rotatable bonds is 8. The molecule has 3 rings (SSSR count). The molecule has 3 fully saturated rings. The van der Waals surface area contributed by atoms with E-state index in [2.05, 4.69) is 5.32 Å². The van der Waals surface area contributed by atoms with Gasteiger partial charge in [-0.3, -0.25) is 0 Å². The molecule has 0 aromatic rings. The predicted molar refractivity (Wildman–Crippen MR) is 129 cm³/mol. The largest absolute Gasteiger partial charge is 0.444 e. The number of hydrogen-bond acceptors (Lipinski definition) is 6. The van der Waals surface area contributed by atoms with Crippen LogP contribution in [0.4, 0.5) is 4.79 Å². The van der Waals surface area contributed by atoms with Gasteiger partial charge < -0.3 is 29.5 Å². The van der Waals surface area contributed by atoms with Crippen LogP contribution >= 0.6 is 0 Å². The number of nitrogens with one attached hydrogen (secondary N) is 1. The minimum Gasteiger partial charge on any atom is -0.444 e. The number of ether oxygens (including phenoxy) is 3. The molecule has 0 bridgehead atoms. The molecule has 33 heavy (non-hydrogen) atoms. The Morgan fingerprint density at radius 3 is 2.33 bits per heavy atom. The van der Waals surface area contributed by atoms with Gasteiger partial charge in [0.2, 0.25) is 0 Å². The lowest BCUT2D eigenvalue weighted by molar-refractivity contribution is -0.200. The van der Waals surface area contributed by atoms with Crippen molar-refractivity contribution >= 4 is 6.09 Å². The van der Waals surface area contributed by atoms with Crippen LogP contribution in [0.25, 0.3) is 0 Å². The fraction of sp³-hybridized carbons (Fsp3) is 0.962. The molecule has 2 aliphatic carbocycles. The number of amides is 1. The van der Waals surface area contributed by atoms with Crippen molar-refractivity contribution in [3.63, 3.8) is 0 Å². The van der Waals surface area contributed by atoms with E-state index < -0.39 is 11.9 Å². The first-order valence-corrected chi connectivity index (χ1v) is 13.3. The minimum absolute atomic E-state index is 0.0150. The van der Waals surface area contributed by atoms with Gasteiger partial charge in [-0.05, 0) is 59.3 Å². The van der Waals surface area contributed by atoms with Crippen molar-refractivity contribution in [1.29, 1.82) is 0 Å². The van der Waals surface area contributed by atoms with Gasteiger partial charge in [0.15, 0.2) is 6.29 Å². The Morgan fingerprint density at radius 2 is 1.67 bits per heavy atom. The van der Waals surface area contributed by atoms with Crippen LogP contribution in [0, 0.1) is 5.92 Å². The van der Waals surface area contributed by atoms with Crippen molar-refractivity contribution in [2.24, 2.45) is 5.92 Å². The monoisotopic (exact) mass is 468 g/mol. The molecule has 0 aromatic heterocycles. The van der Waals surface area contributed by atoms with Crippen molar-refractivity contribution in [3.8, 4) is 0 Å². The predicted octanol–water partition coefficient (Wildman–Crippen LogP) is 4.61. The highest BCUT2D eigenvalue weighted by molar-refractivity contribution is 5.69. The summed E-state index contributed by atoms with van der Waals surface area (Å²) in [6, 6.07) is 0.755. The fourth-order valence-corrected chi connectivity index (χ4v) is 5.89. The Bertz CT molecular complexity index is 604. The van der Waals surface area contributed by atoms with Crippen LogP contribution in [0.3, 0.4) is 0 Å². The Balaban J connectivity index is 1.60. The Hall–Kier alpha value is -0.890. The second-order valence-electron chi connectivity index (χ2n) is 11.4. The topological polar surface area (TPSA) is 80.3 Å². The smallest absolute Gasteiger partial charge is 0.410 e. The molecule has 1 saturated heterocycles. The molecule has 4 unspecified atom stereocenters. The van der Waals surface area contributed by atoms with Gasteiger partial charge in [0, 0.05) is 31.7 Å². The maximum Gasteiger partial charge on any atom is 0.410 e. The van der Waals surface area contributed by atoms with Crippen LogP contribution in [-0.2, 0) is 14.2 Å². The molecule has 192 valence electrons. The van der Waals surface area contributed by atoms with Crippen LogP contribution < -0.4 is 5.32 Å². The maximum absolute atomic E-state index is 12.8. The summed E-state index contributed by atoms with van der Waals surface area (Å²) >= 11 is 0. The molecule has 1 aliphatic heterocycles. The van der Waals surface area contributed by atoms with Crippen LogP contribution in [-0.4, -0.2) is 72.0 Å². The van der Waals surface area contributed by atoms with Gasteiger partial charge in [-0.1, -0.05) is 39.0 Å². The third-order valence-corrected chi connectivity index (χ3v) is 7.62. The van der Waals surface area contributed by atoms with Crippen LogP contribution in [0.15, 0.2) is 0 Å². The normalized spacial score (nSPS) is 30.1. The van der Waals surface area contributed by atoms with E-state index >= 15 is 0 Å². The number of likely N-dealkylation sites (tertiary alicyclic amines) is 1. The molecule has 0 aromatic carbocycles. The highest BCUT2D eigenvalue weighted by Crippen LogP contribution is 2.31. The Morgan fingerprint density at radius 1 is 1.00 bits per heavy atom. The molecular formula is C26H48N2O5. The number of methoxy groups -OCH3 is 1. The zero-order valence-corrected chi connectivity index (χ0v) is 21.6. The Labute approximate surface area is 200 Å². The zero-order valence-electron chi connectivity index (χ0n) is 21.6. The fourth-order valence-electron chi connectivity index (χ4n) is 5.89. The van der Waals surface area contributed by atoms with Crippen LogP contribution in [0.1, 0.15) is 98.3 Å². The maximum atomic E-state index is 12.8. The SMILES string of the molecule is CO[C@@H](C1CCCN1C(=O)OC(C)(C)C)[C@@H](C)C(O)OC1CCCCC1NC1CCCCC1. The lowest BCUT2D eigenvalue weighted by Crippen LogP contribution is -2.53. The molecule has 3 aliphatic rings. The van der Waals surface area contributed by atoms with Gasteiger partial charge in [0.25, 0.3) is 0 Å². The van der Waals surface area contributed by atoms with E-state index in [4.69, 9.17) is 14.2 Å². The summed E-state index contributed by atoms with van der Waals surface area (Å²) in [5.74, 6) is -0.264. The van der Waals surface area contributed by atoms with Crippen molar-refractivity contribution in [2.45, 2.75) is 141 Å². The quantitative estimate of drug-likeness (QED) is 0.507. The van der Waals surface area contributed by atoms with E-state index in [1.54, 1.807) is 12.0 Å². The summed E-state index contributed by atoms with van der Waals surface area (Å²) in [7, 11) is 1.66.